The Balaban J connectivity index is 1.78. The highest BCUT2D eigenvalue weighted by Crippen LogP contribution is 2.30. The number of methoxy groups -OCH3 is 1. The van der Waals surface area contributed by atoms with Gasteiger partial charge in [0.25, 0.3) is 0 Å². The number of hydrogen-bond acceptors (Lipinski definition) is 3. The Labute approximate surface area is 115 Å². The van der Waals surface area contributed by atoms with E-state index in [1.54, 1.807) is 0 Å². The minimum atomic E-state index is 0.392. The number of rotatable bonds is 2. The van der Waals surface area contributed by atoms with Gasteiger partial charge in [-0.3, -0.25) is 0 Å². The Bertz CT molecular complexity index is 446. The highest BCUT2D eigenvalue weighted by molar-refractivity contribution is 5.62. The first-order chi connectivity index (χ1) is 9.26. The molecule has 2 heterocycles. The molecule has 2 atom stereocenters. The van der Waals surface area contributed by atoms with Gasteiger partial charge in [0.1, 0.15) is 0 Å². The van der Waals surface area contributed by atoms with Gasteiger partial charge in [0.05, 0.1) is 6.10 Å². The molecule has 1 aromatic carbocycles. The summed E-state index contributed by atoms with van der Waals surface area (Å²) in [6.45, 7) is 4.44. The average molecular weight is 260 g/mol. The fraction of sp³-hybridized carbons (Fsp3) is 0.625. The van der Waals surface area contributed by atoms with E-state index in [9.17, 15) is 0 Å². The second-order valence-corrected chi connectivity index (χ2v) is 5.87. The van der Waals surface area contributed by atoms with Crippen molar-refractivity contribution in [3.05, 3.63) is 23.8 Å². The van der Waals surface area contributed by atoms with Crippen LogP contribution in [0.25, 0.3) is 0 Å². The maximum Gasteiger partial charge on any atom is 0.0746 e. The Morgan fingerprint density at radius 2 is 2.21 bits per heavy atom. The zero-order chi connectivity index (χ0) is 13.2. The van der Waals surface area contributed by atoms with Gasteiger partial charge < -0.3 is 15.0 Å². The summed E-state index contributed by atoms with van der Waals surface area (Å²) in [5.74, 6) is 0. The van der Waals surface area contributed by atoms with Gasteiger partial charge in [0.15, 0.2) is 0 Å². The number of anilines is 2. The molecule has 0 aromatic heterocycles. The van der Waals surface area contributed by atoms with Gasteiger partial charge in [-0.05, 0) is 56.4 Å². The van der Waals surface area contributed by atoms with Gasteiger partial charge >= 0.3 is 0 Å². The first-order valence-corrected chi connectivity index (χ1v) is 7.43. The van der Waals surface area contributed by atoms with Crippen molar-refractivity contribution in [1.82, 2.24) is 0 Å². The Kier molecular flexibility index (Phi) is 3.65. The molecular formula is C16H24N2O. The fourth-order valence-electron chi connectivity index (χ4n) is 3.20. The van der Waals surface area contributed by atoms with Gasteiger partial charge in [-0.25, -0.2) is 0 Å². The third-order valence-electron chi connectivity index (χ3n) is 4.41. The standard InChI is InChI=1S/C16H24N2O/c1-12-5-6-13-10-14(7-8-16(13)17-12)18-9-3-4-15(11-18)19-2/h7-8,10,12,15,17H,3-6,9,11H2,1-2H3. The SMILES string of the molecule is COC1CCCN(c2ccc3c(c2)CCC(C)N3)C1. The molecule has 2 aliphatic heterocycles. The Morgan fingerprint density at radius 1 is 1.32 bits per heavy atom. The highest BCUT2D eigenvalue weighted by atomic mass is 16.5. The van der Waals surface area contributed by atoms with Crippen LogP contribution in [0.5, 0.6) is 0 Å². The number of benzene rings is 1. The second-order valence-electron chi connectivity index (χ2n) is 5.87. The topological polar surface area (TPSA) is 24.5 Å². The summed E-state index contributed by atoms with van der Waals surface area (Å²) in [5.41, 5.74) is 4.15. The maximum absolute atomic E-state index is 5.52. The molecule has 1 fully saturated rings. The van der Waals surface area contributed by atoms with Crippen molar-refractivity contribution in [2.45, 2.75) is 44.8 Å². The van der Waals surface area contributed by atoms with E-state index in [0.29, 0.717) is 12.1 Å². The Hall–Kier alpha value is -1.22. The van der Waals surface area contributed by atoms with Crippen LogP contribution in [0.15, 0.2) is 18.2 Å². The first-order valence-electron chi connectivity index (χ1n) is 7.43. The smallest absolute Gasteiger partial charge is 0.0746 e. The van der Waals surface area contributed by atoms with Crippen molar-refractivity contribution in [2.24, 2.45) is 0 Å². The Morgan fingerprint density at radius 3 is 3.05 bits per heavy atom. The molecule has 3 heteroatoms. The molecular weight excluding hydrogens is 236 g/mol. The van der Waals surface area contributed by atoms with E-state index in [-0.39, 0.29) is 0 Å². The van der Waals surface area contributed by atoms with Crippen molar-refractivity contribution in [3.8, 4) is 0 Å². The van der Waals surface area contributed by atoms with Crippen LogP contribution in [0.2, 0.25) is 0 Å². The molecule has 0 saturated carbocycles. The summed E-state index contributed by atoms with van der Waals surface area (Å²) in [7, 11) is 1.83. The molecule has 2 unspecified atom stereocenters. The number of nitrogens with one attached hydrogen (secondary N) is 1. The number of piperidine rings is 1. The molecule has 0 bridgehead atoms. The predicted molar refractivity (Wildman–Crippen MR) is 80.1 cm³/mol. The van der Waals surface area contributed by atoms with Crippen LogP contribution >= 0.6 is 0 Å². The van der Waals surface area contributed by atoms with Crippen molar-refractivity contribution >= 4 is 11.4 Å². The van der Waals surface area contributed by atoms with Crippen LogP contribution in [-0.4, -0.2) is 32.3 Å². The van der Waals surface area contributed by atoms with E-state index in [1.807, 2.05) is 7.11 Å². The summed E-state index contributed by atoms with van der Waals surface area (Å²) in [5, 5.41) is 3.57. The molecule has 0 amide bonds. The van der Waals surface area contributed by atoms with Crippen molar-refractivity contribution in [1.29, 1.82) is 0 Å². The molecule has 2 aliphatic rings. The largest absolute Gasteiger partial charge is 0.382 e. The van der Waals surface area contributed by atoms with E-state index >= 15 is 0 Å². The van der Waals surface area contributed by atoms with Crippen LogP contribution in [0.4, 0.5) is 11.4 Å². The normalized spacial score (nSPS) is 26.7. The summed E-state index contributed by atoms with van der Waals surface area (Å²) in [6, 6.07) is 7.47. The van der Waals surface area contributed by atoms with E-state index in [1.165, 1.54) is 42.6 Å². The molecule has 0 radical (unpaired) electrons. The monoisotopic (exact) mass is 260 g/mol. The summed E-state index contributed by atoms with van der Waals surface area (Å²) < 4.78 is 5.52. The molecule has 3 rings (SSSR count). The second kappa shape index (κ2) is 5.41. The molecule has 104 valence electrons. The molecule has 0 spiro atoms. The lowest BCUT2D eigenvalue weighted by Crippen LogP contribution is -2.39. The minimum Gasteiger partial charge on any atom is -0.382 e. The highest BCUT2D eigenvalue weighted by Gasteiger charge is 2.21. The maximum atomic E-state index is 5.52. The van der Waals surface area contributed by atoms with Gasteiger partial charge in [-0.15, -0.1) is 0 Å². The number of ether oxygens (including phenoxy) is 1. The zero-order valence-corrected chi connectivity index (χ0v) is 12.0. The molecule has 0 aliphatic carbocycles. The van der Waals surface area contributed by atoms with E-state index < -0.39 is 0 Å². The van der Waals surface area contributed by atoms with Crippen LogP contribution in [-0.2, 0) is 11.2 Å². The van der Waals surface area contributed by atoms with Crippen LogP contribution in [0, 0.1) is 0 Å². The third kappa shape index (κ3) is 2.71. The lowest BCUT2D eigenvalue weighted by molar-refractivity contribution is 0.0893. The van der Waals surface area contributed by atoms with Crippen LogP contribution in [0.3, 0.4) is 0 Å². The fourth-order valence-corrected chi connectivity index (χ4v) is 3.20. The lowest BCUT2D eigenvalue weighted by Gasteiger charge is -2.34. The quantitative estimate of drug-likeness (QED) is 0.884. The summed E-state index contributed by atoms with van der Waals surface area (Å²) in [4.78, 5) is 2.47. The number of hydrogen-bond donors (Lipinski definition) is 1. The van der Waals surface area contributed by atoms with Crippen molar-refractivity contribution in [2.75, 3.05) is 30.4 Å². The molecule has 1 saturated heterocycles. The van der Waals surface area contributed by atoms with Crippen molar-refractivity contribution < 1.29 is 4.74 Å². The van der Waals surface area contributed by atoms with E-state index in [4.69, 9.17) is 4.74 Å². The van der Waals surface area contributed by atoms with Crippen LogP contribution in [0.1, 0.15) is 31.7 Å². The number of aryl methyl sites for hydroxylation is 1. The zero-order valence-electron chi connectivity index (χ0n) is 12.0. The number of fused-ring (bicyclic) bond motifs is 1. The van der Waals surface area contributed by atoms with Crippen molar-refractivity contribution in [3.63, 3.8) is 0 Å². The summed E-state index contributed by atoms with van der Waals surface area (Å²) in [6.07, 6.45) is 5.24. The number of nitrogens with zero attached hydrogens (tertiary/aromatic N) is 1. The average Bonchev–Trinajstić information content (AvgIpc) is 2.46. The van der Waals surface area contributed by atoms with Crippen LogP contribution < -0.4 is 10.2 Å². The van der Waals surface area contributed by atoms with Gasteiger partial charge in [-0.1, -0.05) is 0 Å². The molecule has 1 aromatic rings. The summed E-state index contributed by atoms with van der Waals surface area (Å²) >= 11 is 0. The molecule has 1 N–H and O–H groups in total. The van der Waals surface area contributed by atoms with Gasteiger partial charge in [0, 0.05) is 37.6 Å². The molecule has 3 nitrogen and oxygen atoms in total. The first kappa shape index (κ1) is 12.8. The molecule has 19 heavy (non-hydrogen) atoms. The van der Waals surface area contributed by atoms with Gasteiger partial charge in [0.2, 0.25) is 0 Å². The predicted octanol–water partition coefficient (Wildman–Crippen LogP) is 3.05. The van der Waals surface area contributed by atoms with Gasteiger partial charge in [-0.2, -0.15) is 0 Å². The lowest BCUT2D eigenvalue weighted by atomic mass is 9.97. The van der Waals surface area contributed by atoms with E-state index in [2.05, 4.69) is 35.3 Å². The minimum absolute atomic E-state index is 0.392. The van der Waals surface area contributed by atoms with E-state index in [0.717, 1.165) is 13.1 Å². The third-order valence-corrected chi connectivity index (χ3v) is 4.41.